The summed E-state index contributed by atoms with van der Waals surface area (Å²) >= 11 is 16.7. The summed E-state index contributed by atoms with van der Waals surface area (Å²) in [7, 11) is 3.31. The number of amides is 1. The molecule has 154 valence electrons. The van der Waals surface area contributed by atoms with Crippen molar-refractivity contribution in [3.63, 3.8) is 0 Å². The molecule has 0 aliphatic rings. The zero-order valence-electron chi connectivity index (χ0n) is 15.6. The summed E-state index contributed by atoms with van der Waals surface area (Å²) in [5.74, 6) is -1.68. The Hall–Kier alpha value is -1.77. The van der Waals surface area contributed by atoms with Crippen LogP contribution in [0.4, 0.5) is 25.0 Å². The van der Waals surface area contributed by atoms with Gasteiger partial charge in [0.15, 0.2) is 5.82 Å². The van der Waals surface area contributed by atoms with Crippen molar-refractivity contribution in [2.75, 3.05) is 30.9 Å². The highest BCUT2D eigenvalue weighted by atomic mass is 35.6. The van der Waals surface area contributed by atoms with Gasteiger partial charge in [0.2, 0.25) is 3.79 Å². The third-order valence-electron chi connectivity index (χ3n) is 3.66. The van der Waals surface area contributed by atoms with Crippen LogP contribution in [0.5, 0.6) is 0 Å². The number of rotatable bonds is 5. The van der Waals surface area contributed by atoms with Gasteiger partial charge in [0.05, 0.1) is 23.3 Å². The van der Waals surface area contributed by atoms with Crippen molar-refractivity contribution in [1.82, 2.24) is 9.78 Å². The number of benzene rings is 1. The van der Waals surface area contributed by atoms with Crippen molar-refractivity contribution in [2.45, 2.75) is 23.6 Å². The first-order chi connectivity index (χ1) is 12.9. The average molecular weight is 456 g/mol. The molecular formula is C17H19Cl3F2N4O2. The second-order valence-electron chi connectivity index (χ2n) is 6.48. The number of carbonyl (C=O) groups excluding carboxylic acids is 1. The Kier molecular flexibility index (Phi) is 7.01. The molecule has 0 aliphatic carbocycles. The molecule has 0 bridgehead atoms. The Labute approximate surface area is 176 Å². The summed E-state index contributed by atoms with van der Waals surface area (Å²) < 4.78 is 32.8. The van der Waals surface area contributed by atoms with Crippen LogP contribution in [0.15, 0.2) is 18.3 Å². The maximum atomic E-state index is 14.6. The van der Waals surface area contributed by atoms with Gasteiger partial charge in [-0.1, -0.05) is 48.7 Å². The van der Waals surface area contributed by atoms with Crippen molar-refractivity contribution in [3.05, 3.63) is 35.7 Å². The number of nitrogens with one attached hydrogen (secondary N) is 1. The predicted octanol–water partition coefficient (Wildman–Crippen LogP) is 5.26. The van der Waals surface area contributed by atoms with Crippen molar-refractivity contribution >= 4 is 52.3 Å². The molecule has 0 unspecified atom stereocenters. The first kappa shape index (κ1) is 22.5. The molecule has 1 heterocycles. The molecule has 2 rings (SSSR count). The minimum atomic E-state index is -1.75. The molecule has 6 nitrogen and oxygen atoms in total. The van der Waals surface area contributed by atoms with E-state index < -0.39 is 28.1 Å². The lowest BCUT2D eigenvalue weighted by Gasteiger charge is -2.21. The average Bonchev–Trinajstić information content (AvgIpc) is 2.94. The maximum Gasteiger partial charge on any atom is 0.411 e. The normalized spacial score (nSPS) is 11.6. The molecule has 0 fully saturated rings. The van der Waals surface area contributed by atoms with E-state index in [1.54, 1.807) is 19.0 Å². The number of hydrogen-bond acceptors (Lipinski definition) is 4. The topological polar surface area (TPSA) is 59.4 Å². The second-order valence-corrected chi connectivity index (χ2v) is 8.99. The molecule has 1 aromatic heterocycles. The van der Waals surface area contributed by atoms with Gasteiger partial charge in [-0.2, -0.15) is 5.10 Å². The van der Waals surface area contributed by atoms with Crippen LogP contribution in [-0.4, -0.2) is 40.4 Å². The molecule has 1 amide bonds. The van der Waals surface area contributed by atoms with Crippen LogP contribution in [-0.2, 0) is 4.74 Å². The van der Waals surface area contributed by atoms with Gasteiger partial charge in [0.25, 0.3) is 0 Å². The highest BCUT2D eigenvalue weighted by Gasteiger charge is 2.25. The SMILES string of the molecule is CC(C)c1c(NC(=O)OCC(Cl)(Cl)Cl)cnn1-c1c(F)cc(F)cc1N(C)C. The van der Waals surface area contributed by atoms with Gasteiger partial charge in [-0.3, -0.25) is 5.32 Å². The Bertz CT molecular complexity index is 867. The van der Waals surface area contributed by atoms with Crippen molar-refractivity contribution < 1.29 is 18.3 Å². The molecule has 0 radical (unpaired) electrons. The van der Waals surface area contributed by atoms with E-state index in [1.165, 1.54) is 16.9 Å². The minimum absolute atomic E-state index is 0.0535. The second kappa shape index (κ2) is 8.71. The highest BCUT2D eigenvalue weighted by Crippen LogP contribution is 2.33. The fraction of sp³-hybridized carbons (Fsp3) is 0.412. The van der Waals surface area contributed by atoms with Crippen LogP contribution in [0.1, 0.15) is 25.5 Å². The summed E-state index contributed by atoms with van der Waals surface area (Å²) in [6.45, 7) is 3.22. The largest absolute Gasteiger partial charge is 0.445 e. The van der Waals surface area contributed by atoms with Gasteiger partial charge < -0.3 is 9.64 Å². The number of hydrogen-bond donors (Lipinski definition) is 1. The Morgan fingerprint density at radius 3 is 2.50 bits per heavy atom. The Balaban J connectivity index is 2.46. The van der Waals surface area contributed by atoms with E-state index in [2.05, 4.69) is 10.4 Å². The number of carbonyl (C=O) groups is 1. The van der Waals surface area contributed by atoms with Crippen molar-refractivity contribution in [1.29, 1.82) is 0 Å². The van der Waals surface area contributed by atoms with Gasteiger partial charge in [0, 0.05) is 20.2 Å². The van der Waals surface area contributed by atoms with Crippen LogP contribution < -0.4 is 10.2 Å². The van der Waals surface area contributed by atoms with Crippen LogP contribution in [0.25, 0.3) is 5.69 Å². The molecular weight excluding hydrogens is 437 g/mol. The summed E-state index contributed by atoms with van der Waals surface area (Å²) in [5, 5.41) is 6.69. The molecule has 1 N–H and O–H groups in total. The Morgan fingerprint density at radius 2 is 1.96 bits per heavy atom. The van der Waals surface area contributed by atoms with Crippen LogP contribution >= 0.6 is 34.8 Å². The third kappa shape index (κ3) is 5.40. The van der Waals surface area contributed by atoms with E-state index in [4.69, 9.17) is 39.5 Å². The van der Waals surface area contributed by atoms with E-state index >= 15 is 0 Å². The molecule has 0 aliphatic heterocycles. The van der Waals surface area contributed by atoms with E-state index in [0.717, 1.165) is 6.07 Å². The first-order valence-electron chi connectivity index (χ1n) is 8.16. The molecule has 28 heavy (non-hydrogen) atoms. The Morgan fingerprint density at radius 1 is 1.32 bits per heavy atom. The molecule has 1 aromatic carbocycles. The maximum absolute atomic E-state index is 14.6. The van der Waals surface area contributed by atoms with Crippen molar-refractivity contribution in [3.8, 4) is 5.69 Å². The summed E-state index contributed by atoms with van der Waals surface area (Å²) in [6, 6.07) is 1.98. The monoisotopic (exact) mass is 454 g/mol. The number of nitrogens with zero attached hydrogens (tertiary/aromatic N) is 3. The zero-order valence-corrected chi connectivity index (χ0v) is 17.8. The summed E-state index contributed by atoms with van der Waals surface area (Å²) in [6.07, 6.45) is 0.480. The van der Waals surface area contributed by atoms with E-state index in [0.29, 0.717) is 5.69 Å². The van der Waals surface area contributed by atoms with Crippen LogP contribution in [0.3, 0.4) is 0 Å². The smallest absolute Gasteiger partial charge is 0.411 e. The van der Waals surface area contributed by atoms with Crippen LogP contribution in [0.2, 0.25) is 0 Å². The number of anilines is 2. The molecule has 0 saturated heterocycles. The van der Waals surface area contributed by atoms with E-state index in [-0.39, 0.29) is 23.0 Å². The zero-order chi connectivity index (χ0) is 21.2. The fourth-order valence-corrected chi connectivity index (χ4v) is 2.75. The lowest BCUT2D eigenvalue weighted by molar-refractivity contribution is 0.164. The van der Waals surface area contributed by atoms with E-state index in [9.17, 15) is 13.6 Å². The molecule has 0 atom stereocenters. The number of ether oxygens (including phenoxy) is 1. The van der Waals surface area contributed by atoms with Crippen LogP contribution in [0, 0.1) is 11.6 Å². The highest BCUT2D eigenvalue weighted by molar-refractivity contribution is 6.67. The molecule has 2 aromatic rings. The lowest BCUT2D eigenvalue weighted by atomic mass is 10.1. The predicted molar refractivity (Wildman–Crippen MR) is 107 cm³/mol. The number of halogens is 5. The molecule has 0 saturated carbocycles. The number of aromatic nitrogens is 2. The molecule has 11 heteroatoms. The summed E-state index contributed by atoms with van der Waals surface area (Å²) in [5.41, 5.74) is 1.11. The third-order valence-corrected chi connectivity index (χ3v) is 3.99. The lowest BCUT2D eigenvalue weighted by Crippen LogP contribution is -2.22. The van der Waals surface area contributed by atoms with Gasteiger partial charge in [-0.15, -0.1) is 0 Å². The van der Waals surface area contributed by atoms with Gasteiger partial charge in [-0.05, 0) is 12.0 Å². The standard InChI is InChI=1S/C17H19Cl3F2N4O2/c1-9(2)14-12(24-16(27)28-8-17(18,19)20)7-23-26(14)15-11(22)5-10(21)6-13(15)25(3)4/h5-7,9H,8H2,1-4H3,(H,24,27). The van der Waals surface area contributed by atoms with Gasteiger partial charge in [-0.25, -0.2) is 18.3 Å². The quantitative estimate of drug-likeness (QED) is 0.625. The first-order valence-corrected chi connectivity index (χ1v) is 9.29. The number of alkyl halides is 3. The van der Waals surface area contributed by atoms with Gasteiger partial charge >= 0.3 is 6.09 Å². The fourth-order valence-electron chi connectivity index (χ4n) is 2.58. The van der Waals surface area contributed by atoms with E-state index in [1.807, 2.05) is 13.8 Å². The molecule has 0 spiro atoms. The van der Waals surface area contributed by atoms with Gasteiger partial charge in [0.1, 0.15) is 18.1 Å². The van der Waals surface area contributed by atoms with Crippen molar-refractivity contribution in [2.24, 2.45) is 0 Å². The minimum Gasteiger partial charge on any atom is -0.445 e. The summed E-state index contributed by atoms with van der Waals surface area (Å²) in [4.78, 5) is 13.6.